The lowest BCUT2D eigenvalue weighted by Crippen LogP contribution is -2.23. The van der Waals surface area contributed by atoms with Gasteiger partial charge in [-0.3, -0.25) is 8.98 Å². The van der Waals surface area contributed by atoms with Crippen molar-refractivity contribution in [1.82, 2.24) is 0 Å². The number of carbonyl (C=O) groups is 1. The van der Waals surface area contributed by atoms with Crippen molar-refractivity contribution in [3.05, 3.63) is 115 Å². The first kappa shape index (κ1) is 26.7. The maximum Gasteiger partial charge on any atom is 0.311 e. The SMILES string of the molecule is Cc1ccc(S(=O)(=O)OCCCCC(=O)Oc2ccccc2P(c2ccccc2)c2ccccc2)cc1. The van der Waals surface area contributed by atoms with Crippen LogP contribution in [0.4, 0.5) is 0 Å². The third-order valence-corrected chi connectivity index (χ3v) is 9.49. The molecule has 0 heterocycles. The first-order valence-electron chi connectivity index (χ1n) is 12.1. The van der Waals surface area contributed by atoms with Crippen LogP contribution in [-0.4, -0.2) is 21.0 Å². The summed E-state index contributed by atoms with van der Waals surface area (Å²) in [5.41, 5.74) is 0.971. The van der Waals surface area contributed by atoms with E-state index in [9.17, 15) is 13.2 Å². The van der Waals surface area contributed by atoms with E-state index in [4.69, 9.17) is 8.92 Å². The molecule has 0 amide bonds. The van der Waals surface area contributed by atoms with Crippen molar-refractivity contribution in [3.63, 3.8) is 0 Å². The molecule has 0 aliphatic heterocycles. The summed E-state index contributed by atoms with van der Waals surface area (Å²) >= 11 is 0. The van der Waals surface area contributed by atoms with Gasteiger partial charge in [-0.2, -0.15) is 8.42 Å². The molecule has 4 aromatic rings. The zero-order valence-electron chi connectivity index (χ0n) is 20.6. The fraction of sp³-hybridized carbons (Fsp3) is 0.167. The van der Waals surface area contributed by atoms with E-state index in [1.807, 2.05) is 67.6 Å². The largest absolute Gasteiger partial charge is 0.426 e. The van der Waals surface area contributed by atoms with Gasteiger partial charge in [-0.05, 0) is 56.5 Å². The van der Waals surface area contributed by atoms with Crippen LogP contribution in [0.2, 0.25) is 0 Å². The Morgan fingerprint density at radius 1 is 0.730 bits per heavy atom. The molecule has 0 N–H and O–H groups in total. The van der Waals surface area contributed by atoms with Gasteiger partial charge in [-0.1, -0.05) is 96.6 Å². The van der Waals surface area contributed by atoms with Gasteiger partial charge in [0.2, 0.25) is 0 Å². The first-order valence-corrected chi connectivity index (χ1v) is 14.8. The topological polar surface area (TPSA) is 69.7 Å². The molecule has 0 saturated heterocycles. The second-order valence-corrected chi connectivity index (χ2v) is 12.3. The van der Waals surface area contributed by atoms with Crippen molar-refractivity contribution in [3.8, 4) is 5.75 Å². The minimum absolute atomic E-state index is 0.00733. The maximum absolute atomic E-state index is 12.7. The summed E-state index contributed by atoms with van der Waals surface area (Å²) in [6, 6.07) is 34.6. The third-order valence-electron chi connectivity index (χ3n) is 5.68. The van der Waals surface area contributed by atoms with Crippen LogP contribution in [0.3, 0.4) is 0 Å². The highest BCUT2D eigenvalue weighted by molar-refractivity contribution is 7.86. The Balaban J connectivity index is 1.37. The lowest BCUT2D eigenvalue weighted by atomic mass is 10.2. The lowest BCUT2D eigenvalue weighted by molar-refractivity contribution is -0.134. The summed E-state index contributed by atoms with van der Waals surface area (Å²) in [4.78, 5) is 12.8. The van der Waals surface area contributed by atoms with Crippen LogP contribution in [0, 0.1) is 6.92 Å². The average molecular weight is 533 g/mol. The Labute approximate surface area is 220 Å². The number of aryl methyl sites for hydroxylation is 1. The highest BCUT2D eigenvalue weighted by atomic mass is 32.2. The Bertz CT molecular complexity index is 1370. The van der Waals surface area contributed by atoms with E-state index >= 15 is 0 Å². The highest BCUT2D eigenvalue weighted by Crippen LogP contribution is 2.36. The average Bonchev–Trinajstić information content (AvgIpc) is 2.91. The maximum atomic E-state index is 12.7. The van der Waals surface area contributed by atoms with Crippen LogP contribution in [0.15, 0.2) is 114 Å². The molecule has 0 spiro atoms. The molecule has 0 aliphatic rings. The fourth-order valence-corrected chi connectivity index (χ4v) is 7.11. The zero-order chi connectivity index (χ0) is 26.1. The normalized spacial score (nSPS) is 11.4. The first-order chi connectivity index (χ1) is 17.9. The monoisotopic (exact) mass is 532 g/mol. The molecular weight excluding hydrogens is 503 g/mol. The van der Waals surface area contributed by atoms with Crippen LogP contribution in [0.1, 0.15) is 24.8 Å². The van der Waals surface area contributed by atoms with Gasteiger partial charge in [0.1, 0.15) is 5.75 Å². The number of ether oxygens (including phenoxy) is 1. The van der Waals surface area contributed by atoms with Crippen molar-refractivity contribution >= 4 is 39.9 Å². The number of hydrogen-bond donors (Lipinski definition) is 0. The number of benzene rings is 4. The smallest absolute Gasteiger partial charge is 0.311 e. The van der Waals surface area contributed by atoms with Gasteiger partial charge in [0, 0.05) is 11.7 Å². The summed E-state index contributed by atoms with van der Waals surface area (Å²) in [6.45, 7) is 1.90. The van der Waals surface area contributed by atoms with Gasteiger partial charge in [0.05, 0.1) is 11.5 Å². The number of rotatable bonds is 11. The van der Waals surface area contributed by atoms with E-state index in [0.29, 0.717) is 18.6 Å². The van der Waals surface area contributed by atoms with Crippen LogP contribution in [0.5, 0.6) is 5.75 Å². The minimum Gasteiger partial charge on any atom is -0.426 e. The zero-order valence-corrected chi connectivity index (χ0v) is 22.3. The highest BCUT2D eigenvalue weighted by Gasteiger charge is 2.21. The van der Waals surface area contributed by atoms with E-state index in [1.165, 1.54) is 22.7 Å². The summed E-state index contributed by atoms with van der Waals surface area (Å²) in [7, 11) is -4.73. The van der Waals surface area contributed by atoms with Gasteiger partial charge >= 0.3 is 5.97 Å². The summed E-state index contributed by atoms with van der Waals surface area (Å²) in [5, 5.41) is 3.30. The number of para-hydroxylation sites is 1. The van der Waals surface area contributed by atoms with Crippen LogP contribution in [0.25, 0.3) is 0 Å². The van der Waals surface area contributed by atoms with Crippen molar-refractivity contribution in [2.75, 3.05) is 6.61 Å². The molecule has 0 saturated carbocycles. The molecule has 0 atom stereocenters. The van der Waals surface area contributed by atoms with Crippen molar-refractivity contribution in [1.29, 1.82) is 0 Å². The third kappa shape index (κ3) is 7.36. The minimum atomic E-state index is -3.81. The van der Waals surface area contributed by atoms with E-state index in [1.54, 1.807) is 12.1 Å². The van der Waals surface area contributed by atoms with E-state index in [0.717, 1.165) is 10.9 Å². The summed E-state index contributed by atoms with van der Waals surface area (Å²) in [5.74, 6) is 0.189. The van der Waals surface area contributed by atoms with Crippen LogP contribution < -0.4 is 20.7 Å². The summed E-state index contributed by atoms with van der Waals surface area (Å²) < 4.78 is 35.6. The van der Waals surface area contributed by atoms with E-state index in [2.05, 4.69) is 24.3 Å². The number of unbranched alkanes of at least 4 members (excludes halogenated alkanes) is 1. The molecule has 190 valence electrons. The van der Waals surface area contributed by atoms with Gasteiger partial charge in [-0.15, -0.1) is 0 Å². The molecule has 0 unspecified atom stereocenters. The quantitative estimate of drug-likeness (QED) is 0.0870. The van der Waals surface area contributed by atoms with Gasteiger partial charge in [-0.25, -0.2) is 0 Å². The number of esters is 1. The Hall–Kier alpha value is -3.31. The molecule has 0 radical (unpaired) electrons. The predicted molar refractivity (Wildman–Crippen MR) is 149 cm³/mol. The molecule has 37 heavy (non-hydrogen) atoms. The van der Waals surface area contributed by atoms with E-state index in [-0.39, 0.29) is 23.9 Å². The van der Waals surface area contributed by atoms with Gasteiger partial charge in [0.25, 0.3) is 10.1 Å². The van der Waals surface area contributed by atoms with Crippen molar-refractivity contribution in [2.24, 2.45) is 0 Å². The predicted octanol–water partition coefficient (Wildman–Crippen LogP) is 5.23. The Morgan fingerprint density at radius 2 is 1.30 bits per heavy atom. The second kappa shape index (κ2) is 12.8. The van der Waals surface area contributed by atoms with Gasteiger partial charge < -0.3 is 4.74 Å². The standard InChI is InChI=1S/C30H29O5PS/c1-24-19-21-27(22-20-24)37(32,33)34-23-11-10-18-30(31)35-28-16-8-9-17-29(28)36(25-12-4-2-5-13-25)26-14-6-3-7-15-26/h2-9,12-17,19-22H,10-11,18,23H2,1H3. The molecule has 0 aliphatic carbocycles. The van der Waals surface area contributed by atoms with Crippen molar-refractivity contribution in [2.45, 2.75) is 31.1 Å². The molecule has 5 nitrogen and oxygen atoms in total. The second-order valence-electron chi connectivity index (χ2n) is 8.49. The molecule has 0 aromatic heterocycles. The molecule has 0 fully saturated rings. The molecular formula is C30H29O5PS. The fourth-order valence-electron chi connectivity index (χ4n) is 3.80. The van der Waals surface area contributed by atoms with Crippen LogP contribution >= 0.6 is 7.92 Å². The molecule has 4 aromatic carbocycles. The van der Waals surface area contributed by atoms with Crippen LogP contribution in [-0.2, 0) is 19.1 Å². The Morgan fingerprint density at radius 3 is 1.92 bits per heavy atom. The number of carbonyl (C=O) groups excluding carboxylic acids is 1. The number of hydrogen-bond acceptors (Lipinski definition) is 5. The van der Waals surface area contributed by atoms with Crippen molar-refractivity contribution < 1.29 is 22.1 Å². The van der Waals surface area contributed by atoms with Gasteiger partial charge in [0.15, 0.2) is 0 Å². The Kier molecular flexibility index (Phi) is 9.24. The molecule has 0 bridgehead atoms. The molecule has 7 heteroatoms. The summed E-state index contributed by atoms with van der Waals surface area (Å²) in [6.07, 6.45) is 1.04. The van der Waals surface area contributed by atoms with E-state index < -0.39 is 18.0 Å². The molecule has 4 rings (SSSR count). The lowest BCUT2D eigenvalue weighted by Gasteiger charge is -2.21.